The van der Waals surface area contributed by atoms with Crippen LogP contribution in [0.25, 0.3) is 10.8 Å². The summed E-state index contributed by atoms with van der Waals surface area (Å²) < 4.78 is 0. The van der Waals surface area contributed by atoms with E-state index in [0.717, 1.165) is 23.8 Å². The van der Waals surface area contributed by atoms with Crippen molar-refractivity contribution < 1.29 is 4.79 Å². The smallest absolute Gasteiger partial charge is 0.251 e. The summed E-state index contributed by atoms with van der Waals surface area (Å²) in [6, 6.07) is 14.4. The van der Waals surface area contributed by atoms with Crippen molar-refractivity contribution in [1.82, 2.24) is 5.32 Å². The molecule has 1 N–H and O–H groups in total. The predicted molar refractivity (Wildman–Crippen MR) is 82.8 cm³/mol. The Morgan fingerprint density at radius 3 is 2.60 bits per heavy atom. The van der Waals surface area contributed by atoms with Crippen molar-refractivity contribution in [2.75, 3.05) is 0 Å². The minimum Gasteiger partial charge on any atom is -0.349 e. The van der Waals surface area contributed by atoms with Crippen LogP contribution in [-0.4, -0.2) is 11.9 Å². The van der Waals surface area contributed by atoms with Crippen LogP contribution in [0.2, 0.25) is 0 Å². The lowest BCUT2D eigenvalue weighted by Crippen LogP contribution is -2.33. The summed E-state index contributed by atoms with van der Waals surface area (Å²) in [6.45, 7) is 4.55. The monoisotopic (exact) mass is 267 g/mol. The average Bonchev–Trinajstić information content (AvgIpc) is 2.77. The van der Waals surface area contributed by atoms with E-state index < -0.39 is 0 Å². The van der Waals surface area contributed by atoms with Gasteiger partial charge in [-0.25, -0.2) is 0 Å². The zero-order valence-electron chi connectivity index (χ0n) is 12.1. The largest absolute Gasteiger partial charge is 0.349 e. The molecule has 20 heavy (non-hydrogen) atoms. The third kappa shape index (κ3) is 2.69. The Labute approximate surface area is 120 Å². The molecule has 0 heterocycles. The van der Waals surface area contributed by atoms with Crippen LogP contribution in [0.15, 0.2) is 42.5 Å². The van der Waals surface area contributed by atoms with Crippen LogP contribution < -0.4 is 5.32 Å². The van der Waals surface area contributed by atoms with Crippen molar-refractivity contribution in [3.8, 4) is 0 Å². The first-order valence-corrected chi connectivity index (χ1v) is 7.33. The van der Waals surface area contributed by atoms with Crippen molar-refractivity contribution in [1.29, 1.82) is 0 Å². The van der Waals surface area contributed by atoms with Crippen LogP contribution in [0.3, 0.4) is 0 Å². The molecule has 104 valence electrons. The van der Waals surface area contributed by atoms with Crippen molar-refractivity contribution >= 4 is 16.7 Å². The van der Waals surface area contributed by atoms with Crippen LogP contribution in [-0.2, 0) is 0 Å². The van der Waals surface area contributed by atoms with Gasteiger partial charge in [0.2, 0.25) is 0 Å². The molecule has 1 atom stereocenters. The van der Waals surface area contributed by atoms with Gasteiger partial charge < -0.3 is 5.32 Å². The lowest BCUT2D eigenvalue weighted by Gasteiger charge is -2.18. The van der Waals surface area contributed by atoms with E-state index in [9.17, 15) is 4.79 Å². The van der Waals surface area contributed by atoms with E-state index in [-0.39, 0.29) is 5.91 Å². The first kappa shape index (κ1) is 13.2. The van der Waals surface area contributed by atoms with Gasteiger partial charge in [-0.3, -0.25) is 4.79 Å². The molecule has 1 aliphatic carbocycles. The average molecular weight is 267 g/mol. The fourth-order valence-electron chi connectivity index (χ4n) is 3.16. The quantitative estimate of drug-likeness (QED) is 0.870. The maximum Gasteiger partial charge on any atom is 0.251 e. The highest BCUT2D eigenvalue weighted by Gasteiger charge is 2.31. The molecule has 2 nitrogen and oxygen atoms in total. The van der Waals surface area contributed by atoms with Crippen LogP contribution in [0, 0.1) is 5.41 Å². The molecule has 0 aromatic heterocycles. The van der Waals surface area contributed by atoms with E-state index in [0.29, 0.717) is 11.5 Å². The molecule has 0 bridgehead atoms. The molecule has 0 saturated heterocycles. The molecule has 2 aromatic rings. The standard InChI is InChI=1S/C18H21NO/c1-18(2)10-9-16(12-18)19-17(20)15-8-7-13-5-3-4-6-14(13)11-15/h3-8,11,16H,9-10,12H2,1-2H3,(H,19,20). The number of carbonyl (C=O) groups is 1. The summed E-state index contributed by atoms with van der Waals surface area (Å²) in [5.41, 5.74) is 1.12. The van der Waals surface area contributed by atoms with E-state index >= 15 is 0 Å². The van der Waals surface area contributed by atoms with E-state index in [2.05, 4.69) is 25.2 Å². The zero-order valence-corrected chi connectivity index (χ0v) is 12.1. The summed E-state index contributed by atoms with van der Waals surface area (Å²) in [5, 5.41) is 5.47. The summed E-state index contributed by atoms with van der Waals surface area (Å²) in [5.74, 6) is 0.0541. The second-order valence-electron chi connectivity index (χ2n) is 6.64. The van der Waals surface area contributed by atoms with E-state index in [4.69, 9.17) is 0 Å². The molecule has 0 aliphatic heterocycles. The molecule has 1 fully saturated rings. The fraction of sp³-hybridized carbons (Fsp3) is 0.389. The van der Waals surface area contributed by atoms with Crippen LogP contribution in [0.4, 0.5) is 0 Å². The van der Waals surface area contributed by atoms with Crippen molar-refractivity contribution in [2.45, 2.75) is 39.2 Å². The molecule has 2 aromatic carbocycles. The van der Waals surface area contributed by atoms with Gasteiger partial charge in [0.1, 0.15) is 0 Å². The maximum atomic E-state index is 12.3. The first-order valence-electron chi connectivity index (χ1n) is 7.33. The van der Waals surface area contributed by atoms with Gasteiger partial charge in [-0.1, -0.05) is 44.2 Å². The second-order valence-corrected chi connectivity index (χ2v) is 6.64. The number of hydrogen-bond acceptors (Lipinski definition) is 1. The third-order valence-corrected chi connectivity index (χ3v) is 4.32. The van der Waals surface area contributed by atoms with Gasteiger partial charge in [-0.2, -0.15) is 0 Å². The first-order chi connectivity index (χ1) is 9.53. The molecule has 1 amide bonds. The molecular formula is C18H21NO. The predicted octanol–water partition coefficient (Wildman–Crippen LogP) is 4.15. The number of hydrogen-bond donors (Lipinski definition) is 1. The lowest BCUT2D eigenvalue weighted by molar-refractivity contribution is 0.0936. The highest BCUT2D eigenvalue weighted by molar-refractivity contribution is 5.98. The number of amides is 1. The van der Waals surface area contributed by atoms with Gasteiger partial charge in [-0.05, 0) is 47.6 Å². The van der Waals surface area contributed by atoms with E-state index in [1.165, 1.54) is 11.8 Å². The van der Waals surface area contributed by atoms with Gasteiger partial charge in [0.05, 0.1) is 0 Å². The van der Waals surface area contributed by atoms with Gasteiger partial charge in [-0.15, -0.1) is 0 Å². The molecule has 0 radical (unpaired) electrons. The zero-order chi connectivity index (χ0) is 14.2. The Hall–Kier alpha value is -1.83. The number of carbonyl (C=O) groups excluding carboxylic acids is 1. The molecule has 1 unspecified atom stereocenters. The Balaban J connectivity index is 1.76. The Morgan fingerprint density at radius 2 is 1.90 bits per heavy atom. The SMILES string of the molecule is CC1(C)CCC(NC(=O)c2ccc3ccccc3c2)C1. The van der Waals surface area contributed by atoms with Crippen LogP contribution >= 0.6 is 0 Å². The minimum atomic E-state index is 0.0541. The normalized spacial score (nSPS) is 21.0. The van der Waals surface area contributed by atoms with Crippen molar-refractivity contribution in [2.24, 2.45) is 5.41 Å². The Kier molecular flexibility index (Phi) is 3.25. The number of fused-ring (bicyclic) bond motifs is 1. The highest BCUT2D eigenvalue weighted by Crippen LogP contribution is 2.37. The third-order valence-electron chi connectivity index (χ3n) is 4.32. The van der Waals surface area contributed by atoms with E-state index in [1.807, 2.05) is 36.4 Å². The second kappa shape index (κ2) is 4.93. The molecule has 1 aliphatic rings. The summed E-state index contributed by atoms with van der Waals surface area (Å²) in [4.78, 5) is 12.3. The summed E-state index contributed by atoms with van der Waals surface area (Å²) >= 11 is 0. The van der Waals surface area contributed by atoms with Crippen LogP contribution in [0.1, 0.15) is 43.5 Å². The molecule has 3 rings (SSSR count). The van der Waals surface area contributed by atoms with Crippen molar-refractivity contribution in [3.05, 3.63) is 48.0 Å². The number of rotatable bonds is 2. The van der Waals surface area contributed by atoms with Crippen LogP contribution in [0.5, 0.6) is 0 Å². The summed E-state index contributed by atoms with van der Waals surface area (Å²) in [7, 11) is 0. The topological polar surface area (TPSA) is 29.1 Å². The maximum absolute atomic E-state index is 12.3. The fourth-order valence-corrected chi connectivity index (χ4v) is 3.16. The van der Waals surface area contributed by atoms with Gasteiger partial charge in [0.25, 0.3) is 5.91 Å². The van der Waals surface area contributed by atoms with Gasteiger partial charge in [0.15, 0.2) is 0 Å². The lowest BCUT2D eigenvalue weighted by atomic mass is 9.92. The molecular weight excluding hydrogens is 246 g/mol. The Morgan fingerprint density at radius 1 is 1.15 bits per heavy atom. The van der Waals surface area contributed by atoms with Crippen molar-refractivity contribution in [3.63, 3.8) is 0 Å². The van der Waals surface area contributed by atoms with Gasteiger partial charge >= 0.3 is 0 Å². The Bertz CT molecular complexity index is 645. The van der Waals surface area contributed by atoms with E-state index in [1.54, 1.807) is 0 Å². The summed E-state index contributed by atoms with van der Waals surface area (Å²) in [6.07, 6.45) is 3.36. The minimum absolute atomic E-state index is 0.0541. The van der Waals surface area contributed by atoms with Gasteiger partial charge in [0, 0.05) is 11.6 Å². The highest BCUT2D eigenvalue weighted by atomic mass is 16.1. The molecule has 0 spiro atoms. The molecule has 2 heteroatoms. The molecule has 1 saturated carbocycles. The number of nitrogens with one attached hydrogen (secondary N) is 1. The number of benzene rings is 2.